The quantitative estimate of drug-likeness (QED) is 0.833. The molecule has 2 heterocycles. The molecule has 1 unspecified atom stereocenters. The van der Waals surface area contributed by atoms with Crippen molar-refractivity contribution in [1.82, 2.24) is 10.2 Å². The molecule has 1 saturated heterocycles. The highest BCUT2D eigenvalue weighted by atomic mass is 16.2. The van der Waals surface area contributed by atoms with Crippen LogP contribution in [-0.2, 0) is 16.1 Å². The molecule has 1 aliphatic carbocycles. The Morgan fingerprint density at radius 1 is 1.10 bits per heavy atom. The third kappa shape index (κ3) is 1.95. The van der Waals surface area contributed by atoms with Crippen LogP contribution in [0.5, 0.6) is 0 Å². The third-order valence-electron chi connectivity index (χ3n) is 4.64. The number of benzene rings is 1. The molecule has 0 aromatic heterocycles. The van der Waals surface area contributed by atoms with Crippen molar-refractivity contribution >= 4 is 17.7 Å². The van der Waals surface area contributed by atoms with Gasteiger partial charge in [0.1, 0.15) is 6.04 Å². The first-order valence-electron chi connectivity index (χ1n) is 7.41. The Hall–Kier alpha value is -2.17. The standard InChI is InChI=1S/C16H16N2O3/c19-14-7-6-13(15(20)17-14)18-8-12-10(9-4-5-9)2-1-3-11(12)16(18)21/h1-3,9,13H,4-8H2,(H,17,19,20). The first kappa shape index (κ1) is 12.6. The number of amides is 3. The number of carbonyl (C=O) groups is 3. The zero-order valence-corrected chi connectivity index (χ0v) is 11.6. The van der Waals surface area contributed by atoms with Gasteiger partial charge in [0.05, 0.1) is 0 Å². The van der Waals surface area contributed by atoms with Gasteiger partial charge in [0, 0.05) is 18.5 Å². The molecule has 1 aromatic rings. The summed E-state index contributed by atoms with van der Waals surface area (Å²) in [4.78, 5) is 37.4. The lowest BCUT2D eigenvalue weighted by Gasteiger charge is -2.29. The van der Waals surface area contributed by atoms with Crippen LogP contribution in [0.3, 0.4) is 0 Å². The number of piperidine rings is 1. The predicted octanol–water partition coefficient (Wildman–Crippen LogP) is 1.32. The minimum Gasteiger partial charge on any atom is -0.322 e. The van der Waals surface area contributed by atoms with E-state index in [1.807, 2.05) is 12.1 Å². The summed E-state index contributed by atoms with van der Waals surface area (Å²) in [6.45, 7) is 0.493. The molecule has 0 bridgehead atoms. The Bertz CT molecular complexity index is 663. The summed E-state index contributed by atoms with van der Waals surface area (Å²) in [6, 6.07) is 5.35. The van der Waals surface area contributed by atoms with E-state index in [9.17, 15) is 14.4 Å². The zero-order valence-electron chi connectivity index (χ0n) is 11.6. The Kier molecular flexibility index (Phi) is 2.64. The van der Waals surface area contributed by atoms with Gasteiger partial charge >= 0.3 is 0 Å². The molecule has 1 atom stereocenters. The molecular weight excluding hydrogens is 268 g/mol. The Balaban J connectivity index is 1.65. The molecule has 0 radical (unpaired) electrons. The summed E-state index contributed by atoms with van der Waals surface area (Å²) < 4.78 is 0. The fourth-order valence-electron chi connectivity index (χ4n) is 3.39. The summed E-state index contributed by atoms with van der Waals surface area (Å²) in [5.74, 6) is -0.101. The molecule has 2 aliphatic heterocycles. The van der Waals surface area contributed by atoms with Gasteiger partial charge < -0.3 is 4.90 Å². The van der Waals surface area contributed by atoms with Gasteiger partial charge in [0.15, 0.2) is 0 Å². The minimum atomic E-state index is -0.519. The lowest BCUT2D eigenvalue weighted by molar-refractivity contribution is -0.136. The van der Waals surface area contributed by atoms with Crippen LogP contribution in [0.25, 0.3) is 0 Å². The molecule has 5 heteroatoms. The number of nitrogens with zero attached hydrogens (tertiary/aromatic N) is 1. The zero-order chi connectivity index (χ0) is 14.6. The molecule has 108 valence electrons. The van der Waals surface area contributed by atoms with Gasteiger partial charge in [-0.25, -0.2) is 0 Å². The number of hydrogen-bond acceptors (Lipinski definition) is 3. The number of nitrogens with one attached hydrogen (secondary N) is 1. The van der Waals surface area contributed by atoms with Gasteiger partial charge in [-0.2, -0.15) is 0 Å². The van der Waals surface area contributed by atoms with Crippen LogP contribution in [0.15, 0.2) is 18.2 Å². The molecule has 1 saturated carbocycles. The van der Waals surface area contributed by atoms with Crippen LogP contribution >= 0.6 is 0 Å². The second kappa shape index (κ2) is 4.41. The number of imide groups is 1. The summed E-state index contributed by atoms with van der Waals surface area (Å²) >= 11 is 0. The summed E-state index contributed by atoms with van der Waals surface area (Å²) in [6.07, 6.45) is 3.08. The van der Waals surface area contributed by atoms with Gasteiger partial charge in [-0.15, -0.1) is 0 Å². The van der Waals surface area contributed by atoms with Crippen molar-refractivity contribution in [2.75, 3.05) is 0 Å². The monoisotopic (exact) mass is 284 g/mol. The second-order valence-electron chi connectivity index (χ2n) is 6.05. The molecular formula is C16H16N2O3. The fraction of sp³-hybridized carbons (Fsp3) is 0.438. The molecule has 3 aliphatic rings. The smallest absolute Gasteiger partial charge is 0.255 e. The SMILES string of the molecule is O=C1CCC(N2Cc3c(cccc3C3CC3)C2=O)C(=O)N1. The first-order chi connectivity index (χ1) is 10.1. The number of carbonyl (C=O) groups excluding carboxylic acids is 3. The van der Waals surface area contributed by atoms with Crippen molar-refractivity contribution in [3.05, 3.63) is 34.9 Å². The molecule has 1 N–H and O–H groups in total. The lowest BCUT2D eigenvalue weighted by atomic mass is 10.00. The van der Waals surface area contributed by atoms with Crippen molar-refractivity contribution in [3.8, 4) is 0 Å². The van der Waals surface area contributed by atoms with Gasteiger partial charge in [-0.1, -0.05) is 12.1 Å². The van der Waals surface area contributed by atoms with Gasteiger partial charge in [-0.05, 0) is 42.4 Å². The van der Waals surface area contributed by atoms with Crippen molar-refractivity contribution in [2.45, 2.75) is 44.2 Å². The van der Waals surface area contributed by atoms with E-state index >= 15 is 0 Å². The number of hydrogen-bond donors (Lipinski definition) is 1. The minimum absolute atomic E-state index is 0.0815. The predicted molar refractivity (Wildman–Crippen MR) is 74.5 cm³/mol. The van der Waals surface area contributed by atoms with Gasteiger partial charge in [0.2, 0.25) is 11.8 Å². The average molecular weight is 284 g/mol. The fourth-order valence-corrected chi connectivity index (χ4v) is 3.39. The summed E-state index contributed by atoms with van der Waals surface area (Å²) in [5.41, 5.74) is 3.06. The van der Waals surface area contributed by atoms with E-state index in [-0.39, 0.29) is 17.7 Å². The molecule has 5 nitrogen and oxygen atoms in total. The Morgan fingerprint density at radius 2 is 1.90 bits per heavy atom. The van der Waals surface area contributed by atoms with Crippen LogP contribution in [0.4, 0.5) is 0 Å². The van der Waals surface area contributed by atoms with Crippen molar-refractivity contribution in [1.29, 1.82) is 0 Å². The van der Waals surface area contributed by atoms with E-state index in [2.05, 4.69) is 11.4 Å². The van der Waals surface area contributed by atoms with Gasteiger partial charge in [-0.3, -0.25) is 19.7 Å². The molecule has 1 aromatic carbocycles. The highest BCUT2D eigenvalue weighted by molar-refractivity contribution is 6.05. The third-order valence-corrected chi connectivity index (χ3v) is 4.64. The number of fused-ring (bicyclic) bond motifs is 1. The molecule has 4 rings (SSSR count). The van der Waals surface area contributed by atoms with Crippen molar-refractivity contribution < 1.29 is 14.4 Å². The van der Waals surface area contributed by atoms with Crippen LogP contribution in [-0.4, -0.2) is 28.7 Å². The van der Waals surface area contributed by atoms with E-state index in [4.69, 9.17) is 0 Å². The van der Waals surface area contributed by atoms with E-state index < -0.39 is 6.04 Å². The molecule has 0 spiro atoms. The molecule has 2 fully saturated rings. The van der Waals surface area contributed by atoms with Crippen LogP contribution < -0.4 is 5.32 Å². The first-order valence-corrected chi connectivity index (χ1v) is 7.41. The van der Waals surface area contributed by atoms with E-state index in [1.54, 1.807) is 4.90 Å². The van der Waals surface area contributed by atoms with Crippen LogP contribution in [0, 0.1) is 0 Å². The van der Waals surface area contributed by atoms with Gasteiger partial charge in [0.25, 0.3) is 5.91 Å². The number of rotatable bonds is 2. The van der Waals surface area contributed by atoms with E-state index in [0.29, 0.717) is 25.3 Å². The summed E-state index contributed by atoms with van der Waals surface area (Å²) in [7, 11) is 0. The maximum absolute atomic E-state index is 12.6. The topological polar surface area (TPSA) is 66.5 Å². The van der Waals surface area contributed by atoms with Crippen LogP contribution in [0.1, 0.15) is 53.1 Å². The Labute approximate surface area is 122 Å². The van der Waals surface area contributed by atoms with Crippen molar-refractivity contribution in [2.24, 2.45) is 0 Å². The average Bonchev–Trinajstić information content (AvgIpc) is 3.24. The second-order valence-corrected chi connectivity index (χ2v) is 6.05. The maximum atomic E-state index is 12.6. The summed E-state index contributed by atoms with van der Waals surface area (Å²) in [5, 5.41) is 2.33. The Morgan fingerprint density at radius 3 is 2.62 bits per heavy atom. The van der Waals surface area contributed by atoms with E-state index in [0.717, 1.165) is 11.1 Å². The lowest BCUT2D eigenvalue weighted by Crippen LogP contribution is -2.52. The highest BCUT2D eigenvalue weighted by Crippen LogP contribution is 2.44. The highest BCUT2D eigenvalue weighted by Gasteiger charge is 2.41. The normalized spacial score (nSPS) is 25.0. The largest absolute Gasteiger partial charge is 0.322 e. The molecule has 21 heavy (non-hydrogen) atoms. The van der Waals surface area contributed by atoms with E-state index in [1.165, 1.54) is 18.4 Å². The molecule has 3 amide bonds. The maximum Gasteiger partial charge on any atom is 0.255 e. The van der Waals surface area contributed by atoms with Crippen LogP contribution in [0.2, 0.25) is 0 Å². The van der Waals surface area contributed by atoms with Crippen molar-refractivity contribution in [3.63, 3.8) is 0 Å².